The lowest BCUT2D eigenvalue weighted by atomic mass is 10.3. The highest BCUT2D eigenvalue weighted by Gasteiger charge is 2.08. The average molecular weight is 232 g/mol. The normalized spacial score (nSPS) is 14.9. The molecular weight excluding hydrogens is 216 g/mol. The fraction of sp³-hybridized carbons (Fsp3) is 0.750. The molecule has 6 nitrogen and oxygen atoms in total. The van der Waals surface area contributed by atoms with Crippen molar-refractivity contribution in [3.8, 4) is 0 Å². The minimum Gasteiger partial charge on any atom is -0.407 e. The van der Waals surface area contributed by atoms with E-state index < -0.39 is 10.8 Å². The van der Waals surface area contributed by atoms with Crippen LogP contribution >= 0.6 is 0 Å². The fourth-order valence-electron chi connectivity index (χ4n) is 1.02. The lowest BCUT2D eigenvalue weighted by molar-refractivity contribution is 0.501. The summed E-state index contributed by atoms with van der Waals surface area (Å²) >= 11 is 0. The summed E-state index contributed by atoms with van der Waals surface area (Å²) < 4.78 is 16.0. The average Bonchev–Trinajstić information content (AvgIpc) is 2.62. The molecule has 86 valence electrons. The van der Waals surface area contributed by atoms with Crippen molar-refractivity contribution >= 4 is 16.8 Å². The molecule has 0 fully saturated rings. The maximum atomic E-state index is 10.9. The van der Waals surface area contributed by atoms with Crippen molar-refractivity contribution in [2.45, 2.75) is 25.9 Å². The highest BCUT2D eigenvalue weighted by molar-refractivity contribution is 7.84. The molecule has 7 heteroatoms. The number of hydrogen-bond acceptors (Lipinski definition) is 6. The first-order valence-electron chi connectivity index (χ1n) is 4.71. The fourth-order valence-corrected chi connectivity index (χ4v) is 1.71. The van der Waals surface area contributed by atoms with E-state index in [1.807, 2.05) is 6.92 Å². The molecule has 15 heavy (non-hydrogen) atoms. The van der Waals surface area contributed by atoms with E-state index in [9.17, 15) is 4.21 Å². The number of hydrogen-bond donors (Lipinski definition) is 2. The van der Waals surface area contributed by atoms with Crippen LogP contribution in [0.4, 0.5) is 6.01 Å². The Hall–Kier alpha value is -0.950. The highest BCUT2D eigenvalue weighted by Crippen LogP contribution is 2.07. The van der Waals surface area contributed by atoms with Crippen LogP contribution in [-0.4, -0.2) is 32.5 Å². The first-order valence-corrected chi connectivity index (χ1v) is 6.43. The Morgan fingerprint density at radius 1 is 1.60 bits per heavy atom. The maximum Gasteiger partial charge on any atom is 0.315 e. The number of rotatable bonds is 6. The summed E-state index contributed by atoms with van der Waals surface area (Å²) in [5, 5.41) is 10.5. The molecule has 0 bridgehead atoms. The van der Waals surface area contributed by atoms with Crippen LogP contribution in [0.3, 0.4) is 0 Å². The van der Waals surface area contributed by atoms with Crippen molar-refractivity contribution in [2.24, 2.45) is 5.73 Å². The van der Waals surface area contributed by atoms with Gasteiger partial charge in [-0.15, -0.1) is 5.10 Å². The molecule has 3 N–H and O–H groups in total. The van der Waals surface area contributed by atoms with E-state index in [4.69, 9.17) is 10.2 Å². The molecule has 1 rings (SSSR count). The van der Waals surface area contributed by atoms with Gasteiger partial charge in [0.25, 0.3) is 0 Å². The van der Waals surface area contributed by atoms with Gasteiger partial charge in [0.15, 0.2) is 0 Å². The summed E-state index contributed by atoms with van der Waals surface area (Å²) in [6.45, 7) is 2.21. The quantitative estimate of drug-likeness (QED) is 0.722. The largest absolute Gasteiger partial charge is 0.407 e. The second kappa shape index (κ2) is 5.82. The van der Waals surface area contributed by atoms with Crippen LogP contribution in [0.1, 0.15) is 19.2 Å². The van der Waals surface area contributed by atoms with Gasteiger partial charge >= 0.3 is 6.01 Å². The summed E-state index contributed by atoms with van der Waals surface area (Å²) in [5.74, 6) is 1.07. The minimum atomic E-state index is -0.767. The predicted molar refractivity (Wildman–Crippen MR) is 58.8 cm³/mol. The molecule has 0 radical (unpaired) electrons. The summed E-state index contributed by atoms with van der Waals surface area (Å²) in [7, 11) is -0.767. The molecular formula is C8H16N4O2S. The third-order valence-corrected chi connectivity index (χ3v) is 2.66. The summed E-state index contributed by atoms with van der Waals surface area (Å²) in [6, 6.07) is 0.518. The molecule has 2 unspecified atom stereocenters. The molecule has 1 aromatic heterocycles. The van der Waals surface area contributed by atoms with E-state index in [0.717, 1.165) is 6.42 Å². The van der Waals surface area contributed by atoms with Gasteiger partial charge in [0.05, 0.1) is 6.54 Å². The van der Waals surface area contributed by atoms with Gasteiger partial charge in [-0.3, -0.25) is 4.21 Å². The van der Waals surface area contributed by atoms with Gasteiger partial charge in [-0.25, -0.2) is 0 Å². The minimum absolute atomic E-state index is 0.153. The zero-order valence-electron chi connectivity index (χ0n) is 8.90. The Kier molecular flexibility index (Phi) is 4.70. The topological polar surface area (TPSA) is 94.0 Å². The van der Waals surface area contributed by atoms with Crippen LogP contribution in [0.5, 0.6) is 0 Å². The summed E-state index contributed by atoms with van der Waals surface area (Å²) in [6.07, 6.45) is 2.48. The zero-order chi connectivity index (χ0) is 11.3. The molecule has 0 aliphatic carbocycles. The van der Waals surface area contributed by atoms with Crippen LogP contribution in [-0.2, 0) is 17.3 Å². The summed E-state index contributed by atoms with van der Waals surface area (Å²) in [5.41, 5.74) is 5.33. The van der Waals surface area contributed by atoms with Crippen LogP contribution in [0, 0.1) is 0 Å². The van der Waals surface area contributed by atoms with Gasteiger partial charge in [0.2, 0.25) is 5.89 Å². The van der Waals surface area contributed by atoms with Crippen LogP contribution < -0.4 is 11.1 Å². The van der Waals surface area contributed by atoms with E-state index in [0.29, 0.717) is 17.7 Å². The predicted octanol–water partition coefficient (Wildman–Crippen LogP) is 0.0973. The van der Waals surface area contributed by atoms with E-state index in [1.165, 1.54) is 0 Å². The molecule has 0 saturated carbocycles. The molecule has 0 aliphatic heterocycles. The van der Waals surface area contributed by atoms with Crippen LogP contribution in [0.25, 0.3) is 0 Å². The van der Waals surface area contributed by atoms with Crippen molar-refractivity contribution in [2.75, 3.05) is 17.3 Å². The number of nitrogens with one attached hydrogen (secondary N) is 1. The number of anilines is 1. The van der Waals surface area contributed by atoms with E-state index >= 15 is 0 Å². The van der Waals surface area contributed by atoms with Crippen LogP contribution in [0.15, 0.2) is 4.42 Å². The summed E-state index contributed by atoms with van der Waals surface area (Å²) in [4.78, 5) is 0. The van der Waals surface area contributed by atoms with Gasteiger partial charge in [0.1, 0.15) is 0 Å². The van der Waals surface area contributed by atoms with Gasteiger partial charge in [-0.1, -0.05) is 5.10 Å². The van der Waals surface area contributed by atoms with Gasteiger partial charge < -0.3 is 15.5 Å². The molecule has 1 aromatic rings. The maximum absolute atomic E-state index is 10.9. The first-order chi connectivity index (χ1) is 7.11. The molecule has 1 heterocycles. The molecule has 0 saturated heterocycles. The standard InChI is InChI=1S/C8H16N4O2S/c1-6(3-4-15(2)13)10-8-12-11-7(5-9)14-8/h6H,3-5,9H2,1-2H3,(H,10,12). The Balaban J connectivity index is 2.36. The van der Waals surface area contributed by atoms with Crippen molar-refractivity contribution in [1.82, 2.24) is 10.2 Å². The Labute approximate surface area is 91.1 Å². The van der Waals surface area contributed by atoms with Gasteiger partial charge in [0, 0.05) is 28.9 Å². The second-order valence-electron chi connectivity index (χ2n) is 3.32. The third-order valence-electron chi connectivity index (χ3n) is 1.85. The molecule has 0 aromatic carbocycles. The van der Waals surface area contributed by atoms with Crippen molar-refractivity contribution in [3.05, 3.63) is 5.89 Å². The van der Waals surface area contributed by atoms with E-state index in [-0.39, 0.29) is 12.6 Å². The monoisotopic (exact) mass is 232 g/mol. The molecule has 0 spiro atoms. The molecule has 0 amide bonds. The SMILES string of the molecule is CC(CCS(C)=O)Nc1nnc(CN)o1. The van der Waals surface area contributed by atoms with Crippen LogP contribution in [0.2, 0.25) is 0 Å². The first kappa shape index (κ1) is 12.1. The molecule has 2 atom stereocenters. The Morgan fingerprint density at radius 3 is 2.87 bits per heavy atom. The van der Waals surface area contributed by atoms with Gasteiger partial charge in [-0.05, 0) is 13.3 Å². The Morgan fingerprint density at radius 2 is 2.33 bits per heavy atom. The zero-order valence-corrected chi connectivity index (χ0v) is 9.71. The lowest BCUT2D eigenvalue weighted by Gasteiger charge is -2.09. The van der Waals surface area contributed by atoms with Crippen molar-refractivity contribution < 1.29 is 8.63 Å². The lowest BCUT2D eigenvalue weighted by Crippen LogP contribution is -2.18. The number of aromatic nitrogens is 2. The van der Waals surface area contributed by atoms with Crippen molar-refractivity contribution in [1.29, 1.82) is 0 Å². The number of nitrogens with two attached hydrogens (primary N) is 1. The second-order valence-corrected chi connectivity index (χ2v) is 4.87. The highest BCUT2D eigenvalue weighted by atomic mass is 32.2. The van der Waals surface area contributed by atoms with Crippen molar-refractivity contribution in [3.63, 3.8) is 0 Å². The van der Waals surface area contributed by atoms with E-state index in [2.05, 4.69) is 15.5 Å². The molecule has 0 aliphatic rings. The van der Waals surface area contributed by atoms with E-state index in [1.54, 1.807) is 6.26 Å². The number of nitrogens with zero attached hydrogens (tertiary/aromatic N) is 2. The Bertz CT molecular complexity index is 328. The third kappa shape index (κ3) is 4.39. The van der Waals surface area contributed by atoms with Gasteiger partial charge in [-0.2, -0.15) is 0 Å². The smallest absolute Gasteiger partial charge is 0.315 e.